The SMILES string of the molecule is NCCC1CCCCC1Cc1c[nH]c2ccccc12. The van der Waals surface area contributed by atoms with E-state index in [-0.39, 0.29) is 0 Å². The second kappa shape index (κ2) is 5.79. The topological polar surface area (TPSA) is 41.8 Å². The summed E-state index contributed by atoms with van der Waals surface area (Å²) in [6, 6.07) is 8.64. The molecule has 2 heteroatoms. The summed E-state index contributed by atoms with van der Waals surface area (Å²) >= 11 is 0. The summed E-state index contributed by atoms with van der Waals surface area (Å²) < 4.78 is 0. The van der Waals surface area contributed by atoms with Crippen LogP contribution in [-0.4, -0.2) is 11.5 Å². The summed E-state index contributed by atoms with van der Waals surface area (Å²) in [5.74, 6) is 1.67. The number of aromatic nitrogens is 1. The van der Waals surface area contributed by atoms with Gasteiger partial charge in [0.05, 0.1) is 0 Å². The summed E-state index contributed by atoms with van der Waals surface area (Å²) in [6.07, 6.45) is 10.2. The minimum Gasteiger partial charge on any atom is -0.361 e. The number of hydrogen-bond donors (Lipinski definition) is 2. The van der Waals surface area contributed by atoms with Gasteiger partial charge in [0, 0.05) is 17.1 Å². The van der Waals surface area contributed by atoms with Crippen LogP contribution in [0.15, 0.2) is 30.5 Å². The van der Waals surface area contributed by atoms with Gasteiger partial charge in [-0.25, -0.2) is 0 Å². The molecule has 1 aliphatic rings. The molecule has 102 valence electrons. The molecule has 1 aromatic heterocycles. The van der Waals surface area contributed by atoms with Gasteiger partial charge in [-0.05, 0) is 49.3 Å². The Balaban J connectivity index is 1.79. The number of para-hydroxylation sites is 1. The molecule has 0 spiro atoms. The number of nitrogens with one attached hydrogen (secondary N) is 1. The van der Waals surface area contributed by atoms with Crippen LogP contribution in [0.1, 0.15) is 37.7 Å². The predicted molar refractivity (Wildman–Crippen MR) is 81.1 cm³/mol. The van der Waals surface area contributed by atoms with Crippen LogP contribution in [0.4, 0.5) is 0 Å². The van der Waals surface area contributed by atoms with Gasteiger partial charge in [0.25, 0.3) is 0 Å². The zero-order valence-electron chi connectivity index (χ0n) is 11.6. The first-order chi connectivity index (χ1) is 9.38. The molecule has 1 aromatic carbocycles. The second-order valence-electron chi connectivity index (χ2n) is 5.95. The molecule has 0 saturated heterocycles. The highest BCUT2D eigenvalue weighted by Gasteiger charge is 2.25. The fourth-order valence-corrected chi connectivity index (χ4v) is 3.73. The van der Waals surface area contributed by atoms with E-state index in [9.17, 15) is 0 Å². The minimum atomic E-state index is 0.830. The van der Waals surface area contributed by atoms with Crippen LogP contribution in [0.5, 0.6) is 0 Å². The Bertz CT molecular complexity index is 527. The number of benzene rings is 1. The van der Waals surface area contributed by atoms with E-state index in [0.29, 0.717) is 0 Å². The first kappa shape index (κ1) is 12.7. The van der Waals surface area contributed by atoms with Gasteiger partial charge >= 0.3 is 0 Å². The van der Waals surface area contributed by atoms with E-state index in [1.54, 1.807) is 0 Å². The number of rotatable bonds is 4. The third kappa shape index (κ3) is 2.69. The second-order valence-corrected chi connectivity index (χ2v) is 5.95. The van der Waals surface area contributed by atoms with Gasteiger partial charge in [0.2, 0.25) is 0 Å². The first-order valence-corrected chi connectivity index (χ1v) is 7.63. The first-order valence-electron chi connectivity index (χ1n) is 7.63. The van der Waals surface area contributed by atoms with Crippen molar-refractivity contribution in [3.63, 3.8) is 0 Å². The highest BCUT2D eigenvalue weighted by atomic mass is 14.7. The lowest BCUT2D eigenvalue weighted by Gasteiger charge is -2.31. The quantitative estimate of drug-likeness (QED) is 0.856. The lowest BCUT2D eigenvalue weighted by atomic mass is 9.74. The van der Waals surface area contributed by atoms with E-state index < -0.39 is 0 Å². The van der Waals surface area contributed by atoms with Crippen LogP contribution in [0.3, 0.4) is 0 Å². The van der Waals surface area contributed by atoms with Crippen LogP contribution in [0, 0.1) is 11.8 Å². The van der Waals surface area contributed by atoms with Crippen molar-refractivity contribution in [1.82, 2.24) is 4.98 Å². The van der Waals surface area contributed by atoms with Crippen molar-refractivity contribution in [3.05, 3.63) is 36.0 Å². The van der Waals surface area contributed by atoms with E-state index in [2.05, 4.69) is 35.4 Å². The molecule has 1 aliphatic carbocycles. The molecule has 0 amide bonds. The fraction of sp³-hybridized carbons (Fsp3) is 0.529. The van der Waals surface area contributed by atoms with E-state index >= 15 is 0 Å². The molecule has 3 rings (SSSR count). The highest BCUT2D eigenvalue weighted by molar-refractivity contribution is 5.83. The van der Waals surface area contributed by atoms with Gasteiger partial charge < -0.3 is 10.7 Å². The summed E-state index contributed by atoms with van der Waals surface area (Å²) in [6.45, 7) is 0.842. The molecule has 2 unspecified atom stereocenters. The van der Waals surface area contributed by atoms with Crippen LogP contribution >= 0.6 is 0 Å². The Kier molecular flexibility index (Phi) is 3.88. The Morgan fingerprint density at radius 1 is 1.11 bits per heavy atom. The fourth-order valence-electron chi connectivity index (χ4n) is 3.73. The molecule has 19 heavy (non-hydrogen) atoms. The standard InChI is InChI=1S/C17H24N2/c18-10-9-13-5-1-2-6-14(13)11-15-12-19-17-8-4-3-7-16(15)17/h3-4,7-8,12-14,19H,1-2,5-6,9-11,18H2. The number of hydrogen-bond acceptors (Lipinski definition) is 1. The molecule has 1 saturated carbocycles. The Morgan fingerprint density at radius 2 is 1.89 bits per heavy atom. The van der Waals surface area contributed by atoms with Crippen LogP contribution in [0.2, 0.25) is 0 Å². The molecule has 2 nitrogen and oxygen atoms in total. The Hall–Kier alpha value is -1.28. The van der Waals surface area contributed by atoms with E-state index in [4.69, 9.17) is 5.73 Å². The van der Waals surface area contributed by atoms with E-state index in [0.717, 1.165) is 18.4 Å². The Labute approximate surface area is 115 Å². The summed E-state index contributed by atoms with van der Waals surface area (Å²) in [5, 5.41) is 1.40. The maximum Gasteiger partial charge on any atom is 0.0456 e. The molecule has 0 bridgehead atoms. The third-order valence-electron chi connectivity index (χ3n) is 4.76. The molecule has 0 aliphatic heterocycles. The van der Waals surface area contributed by atoms with Crippen molar-refractivity contribution in [1.29, 1.82) is 0 Å². The normalized spacial score (nSPS) is 23.8. The van der Waals surface area contributed by atoms with Crippen molar-refractivity contribution in [2.24, 2.45) is 17.6 Å². The zero-order chi connectivity index (χ0) is 13.1. The van der Waals surface area contributed by atoms with E-state index in [1.807, 2.05) is 0 Å². The summed E-state index contributed by atoms with van der Waals surface area (Å²) in [7, 11) is 0. The number of nitrogens with two attached hydrogens (primary N) is 1. The molecule has 1 fully saturated rings. The molecule has 0 radical (unpaired) electrons. The van der Waals surface area contributed by atoms with Crippen LogP contribution < -0.4 is 5.73 Å². The average molecular weight is 256 g/mol. The average Bonchev–Trinajstić information content (AvgIpc) is 2.85. The van der Waals surface area contributed by atoms with Crippen molar-refractivity contribution >= 4 is 10.9 Å². The van der Waals surface area contributed by atoms with Gasteiger partial charge in [-0.1, -0.05) is 37.5 Å². The molecular formula is C17H24N2. The van der Waals surface area contributed by atoms with Crippen molar-refractivity contribution in [2.45, 2.75) is 38.5 Å². The van der Waals surface area contributed by atoms with Gasteiger partial charge in [0.1, 0.15) is 0 Å². The Morgan fingerprint density at radius 3 is 2.74 bits per heavy atom. The number of H-pyrrole nitrogens is 1. The van der Waals surface area contributed by atoms with Crippen molar-refractivity contribution < 1.29 is 0 Å². The minimum absolute atomic E-state index is 0.830. The lowest BCUT2D eigenvalue weighted by molar-refractivity contribution is 0.225. The molecule has 3 N–H and O–H groups in total. The summed E-state index contributed by atoms with van der Waals surface area (Å²) in [5.41, 5.74) is 8.54. The van der Waals surface area contributed by atoms with Crippen LogP contribution in [0.25, 0.3) is 10.9 Å². The third-order valence-corrected chi connectivity index (χ3v) is 4.76. The van der Waals surface area contributed by atoms with Gasteiger partial charge in [-0.2, -0.15) is 0 Å². The van der Waals surface area contributed by atoms with Crippen molar-refractivity contribution in [3.8, 4) is 0 Å². The van der Waals surface area contributed by atoms with Gasteiger partial charge in [-0.15, -0.1) is 0 Å². The predicted octanol–water partition coefficient (Wildman–Crippen LogP) is 3.87. The number of fused-ring (bicyclic) bond motifs is 1. The molecule has 1 heterocycles. The zero-order valence-corrected chi connectivity index (χ0v) is 11.6. The highest BCUT2D eigenvalue weighted by Crippen LogP contribution is 2.35. The maximum atomic E-state index is 5.78. The summed E-state index contributed by atoms with van der Waals surface area (Å²) in [4.78, 5) is 3.40. The smallest absolute Gasteiger partial charge is 0.0456 e. The number of aromatic amines is 1. The van der Waals surface area contributed by atoms with Gasteiger partial charge in [0.15, 0.2) is 0 Å². The molecule has 2 aromatic rings. The lowest BCUT2D eigenvalue weighted by Crippen LogP contribution is -2.24. The van der Waals surface area contributed by atoms with Crippen molar-refractivity contribution in [2.75, 3.05) is 6.54 Å². The monoisotopic (exact) mass is 256 g/mol. The largest absolute Gasteiger partial charge is 0.361 e. The van der Waals surface area contributed by atoms with Gasteiger partial charge in [-0.3, -0.25) is 0 Å². The van der Waals surface area contributed by atoms with E-state index in [1.165, 1.54) is 55.0 Å². The molecule has 2 atom stereocenters. The van der Waals surface area contributed by atoms with Crippen LogP contribution in [-0.2, 0) is 6.42 Å². The maximum absolute atomic E-state index is 5.78. The molecular weight excluding hydrogens is 232 g/mol.